The van der Waals surface area contributed by atoms with Gasteiger partial charge in [0.2, 0.25) is 0 Å². The van der Waals surface area contributed by atoms with Crippen molar-refractivity contribution in [2.45, 2.75) is 0 Å². The first-order valence-corrected chi connectivity index (χ1v) is 5.87. The summed E-state index contributed by atoms with van der Waals surface area (Å²) in [6.45, 7) is 0.909. The first-order valence-electron chi connectivity index (χ1n) is 5.87. The van der Waals surface area contributed by atoms with Crippen LogP contribution in [0, 0.1) is 0 Å². The van der Waals surface area contributed by atoms with Crippen LogP contribution in [0.3, 0.4) is 0 Å². The van der Waals surface area contributed by atoms with E-state index < -0.39 is 5.97 Å². The molecule has 1 heterocycles. The van der Waals surface area contributed by atoms with E-state index in [2.05, 4.69) is 10.3 Å². The van der Waals surface area contributed by atoms with Crippen molar-refractivity contribution in [1.82, 2.24) is 4.98 Å². The fraction of sp³-hybridized carbons (Fsp3) is 0.143. The van der Waals surface area contributed by atoms with Gasteiger partial charge in [0.1, 0.15) is 23.7 Å². The zero-order valence-corrected chi connectivity index (χ0v) is 10.2. The Morgan fingerprint density at radius 2 is 2.00 bits per heavy atom. The van der Waals surface area contributed by atoms with Crippen molar-refractivity contribution >= 4 is 11.8 Å². The number of hydrogen-bond donors (Lipinski definition) is 2. The molecule has 0 fully saturated rings. The number of nitrogens with one attached hydrogen (secondary N) is 1. The maximum Gasteiger partial charge on any atom is 0.339 e. The Kier molecular flexibility index (Phi) is 4.34. The Morgan fingerprint density at radius 3 is 2.74 bits per heavy atom. The maximum atomic E-state index is 11.0. The van der Waals surface area contributed by atoms with E-state index in [1.807, 2.05) is 30.3 Å². The molecule has 2 aromatic rings. The molecule has 0 spiro atoms. The van der Waals surface area contributed by atoms with Crippen LogP contribution in [0.4, 0.5) is 5.82 Å². The van der Waals surface area contributed by atoms with Crippen LogP contribution in [-0.4, -0.2) is 29.2 Å². The van der Waals surface area contributed by atoms with Crippen molar-refractivity contribution in [3.63, 3.8) is 0 Å². The third-order valence-corrected chi connectivity index (χ3v) is 2.44. The highest BCUT2D eigenvalue weighted by atomic mass is 16.5. The molecule has 5 heteroatoms. The number of rotatable bonds is 6. The molecular formula is C14H14N2O3. The Bertz CT molecular complexity index is 543. The van der Waals surface area contributed by atoms with Crippen LogP contribution < -0.4 is 10.1 Å². The molecule has 1 aromatic carbocycles. The average Bonchev–Trinajstić information content (AvgIpc) is 2.45. The number of aromatic nitrogens is 1. The number of anilines is 1. The molecule has 2 N–H and O–H groups in total. The number of nitrogens with zero attached hydrogens (tertiary/aromatic N) is 1. The Balaban J connectivity index is 1.85. The molecular weight excluding hydrogens is 244 g/mol. The summed E-state index contributed by atoms with van der Waals surface area (Å²) in [7, 11) is 0. The van der Waals surface area contributed by atoms with Crippen molar-refractivity contribution < 1.29 is 14.6 Å². The molecule has 0 saturated carbocycles. The Morgan fingerprint density at radius 1 is 1.21 bits per heavy atom. The van der Waals surface area contributed by atoms with Crippen molar-refractivity contribution in [3.8, 4) is 5.75 Å². The van der Waals surface area contributed by atoms with E-state index in [-0.39, 0.29) is 5.56 Å². The molecule has 5 nitrogen and oxygen atoms in total. The third-order valence-electron chi connectivity index (χ3n) is 2.44. The fourth-order valence-electron chi connectivity index (χ4n) is 1.57. The minimum atomic E-state index is -1.00. The lowest BCUT2D eigenvalue weighted by Crippen LogP contribution is -2.14. The molecule has 0 aliphatic rings. The van der Waals surface area contributed by atoms with Gasteiger partial charge < -0.3 is 15.2 Å². The summed E-state index contributed by atoms with van der Waals surface area (Å²) in [5.74, 6) is 0.134. The lowest BCUT2D eigenvalue weighted by atomic mass is 10.2. The SMILES string of the molecule is O=C(O)c1cccnc1NCCOc1ccccc1. The predicted octanol–water partition coefficient (Wildman–Crippen LogP) is 2.27. The Hall–Kier alpha value is -2.56. The van der Waals surface area contributed by atoms with Gasteiger partial charge in [0.25, 0.3) is 0 Å². The normalized spacial score (nSPS) is 9.89. The van der Waals surface area contributed by atoms with E-state index in [1.54, 1.807) is 12.3 Å². The van der Waals surface area contributed by atoms with Crippen LogP contribution in [0.15, 0.2) is 48.7 Å². The molecule has 0 aliphatic heterocycles. The second-order valence-corrected chi connectivity index (χ2v) is 3.79. The molecule has 98 valence electrons. The highest BCUT2D eigenvalue weighted by molar-refractivity contribution is 5.92. The van der Waals surface area contributed by atoms with Crippen molar-refractivity contribution in [2.24, 2.45) is 0 Å². The van der Waals surface area contributed by atoms with Gasteiger partial charge in [-0.2, -0.15) is 0 Å². The maximum absolute atomic E-state index is 11.0. The molecule has 0 saturated heterocycles. The van der Waals surface area contributed by atoms with Gasteiger partial charge in [0.05, 0.1) is 6.54 Å². The summed E-state index contributed by atoms with van der Waals surface area (Å²) in [4.78, 5) is 15.0. The number of carboxylic acid groups (broad SMARTS) is 1. The highest BCUT2D eigenvalue weighted by Crippen LogP contribution is 2.11. The zero-order chi connectivity index (χ0) is 13.5. The summed E-state index contributed by atoms with van der Waals surface area (Å²) in [5, 5.41) is 11.9. The van der Waals surface area contributed by atoms with E-state index in [0.717, 1.165) is 5.75 Å². The number of ether oxygens (including phenoxy) is 1. The van der Waals surface area contributed by atoms with Crippen LogP contribution in [0.2, 0.25) is 0 Å². The summed E-state index contributed by atoms with van der Waals surface area (Å²) in [6, 6.07) is 12.5. The molecule has 2 rings (SSSR count). The second-order valence-electron chi connectivity index (χ2n) is 3.79. The molecule has 0 radical (unpaired) electrons. The summed E-state index contributed by atoms with van der Waals surface area (Å²) in [5.41, 5.74) is 0.155. The van der Waals surface area contributed by atoms with Crippen molar-refractivity contribution in [1.29, 1.82) is 0 Å². The molecule has 19 heavy (non-hydrogen) atoms. The van der Waals surface area contributed by atoms with Crippen LogP contribution in [0.1, 0.15) is 10.4 Å². The molecule has 0 unspecified atom stereocenters. The lowest BCUT2D eigenvalue weighted by Gasteiger charge is -2.09. The van der Waals surface area contributed by atoms with Crippen molar-refractivity contribution in [3.05, 3.63) is 54.2 Å². The largest absolute Gasteiger partial charge is 0.492 e. The minimum Gasteiger partial charge on any atom is -0.492 e. The van der Waals surface area contributed by atoms with Gasteiger partial charge in [-0.05, 0) is 24.3 Å². The van der Waals surface area contributed by atoms with Gasteiger partial charge in [-0.25, -0.2) is 9.78 Å². The summed E-state index contributed by atoms with van der Waals surface area (Å²) < 4.78 is 5.49. The Labute approximate surface area is 110 Å². The minimum absolute atomic E-state index is 0.155. The van der Waals surface area contributed by atoms with Gasteiger partial charge in [0.15, 0.2) is 0 Å². The van der Waals surface area contributed by atoms with Crippen LogP contribution >= 0.6 is 0 Å². The van der Waals surface area contributed by atoms with Gasteiger partial charge in [-0.1, -0.05) is 18.2 Å². The number of para-hydroxylation sites is 1. The molecule has 1 aromatic heterocycles. The summed E-state index contributed by atoms with van der Waals surface area (Å²) >= 11 is 0. The summed E-state index contributed by atoms with van der Waals surface area (Å²) in [6.07, 6.45) is 1.55. The molecule has 0 bridgehead atoms. The molecule has 0 amide bonds. The fourth-order valence-corrected chi connectivity index (χ4v) is 1.57. The standard InChI is InChI=1S/C14H14N2O3/c17-14(18)12-7-4-8-15-13(12)16-9-10-19-11-5-2-1-3-6-11/h1-8H,9-10H2,(H,15,16)(H,17,18). The average molecular weight is 258 g/mol. The topological polar surface area (TPSA) is 71.5 Å². The van der Waals surface area contributed by atoms with E-state index in [0.29, 0.717) is 19.0 Å². The predicted molar refractivity (Wildman–Crippen MR) is 71.6 cm³/mol. The van der Waals surface area contributed by atoms with Gasteiger partial charge >= 0.3 is 5.97 Å². The van der Waals surface area contributed by atoms with Gasteiger partial charge in [-0.3, -0.25) is 0 Å². The van der Waals surface area contributed by atoms with Crippen LogP contribution in [0.25, 0.3) is 0 Å². The third kappa shape index (κ3) is 3.70. The smallest absolute Gasteiger partial charge is 0.339 e. The number of hydrogen-bond acceptors (Lipinski definition) is 4. The van der Waals surface area contributed by atoms with Crippen LogP contribution in [-0.2, 0) is 0 Å². The van der Waals surface area contributed by atoms with Crippen LogP contribution in [0.5, 0.6) is 5.75 Å². The zero-order valence-electron chi connectivity index (χ0n) is 10.2. The second kappa shape index (κ2) is 6.39. The first kappa shape index (κ1) is 12.9. The number of carbonyl (C=O) groups is 1. The number of aromatic carboxylic acids is 1. The lowest BCUT2D eigenvalue weighted by molar-refractivity contribution is 0.0697. The van der Waals surface area contributed by atoms with Gasteiger partial charge in [0, 0.05) is 6.20 Å². The quantitative estimate of drug-likeness (QED) is 0.778. The number of carboxylic acids is 1. The van der Waals surface area contributed by atoms with Gasteiger partial charge in [-0.15, -0.1) is 0 Å². The highest BCUT2D eigenvalue weighted by Gasteiger charge is 2.09. The van der Waals surface area contributed by atoms with E-state index in [9.17, 15) is 4.79 Å². The van der Waals surface area contributed by atoms with E-state index in [4.69, 9.17) is 9.84 Å². The van der Waals surface area contributed by atoms with E-state index >= 15 is 0 Å². The number of benzene rings is 1. The first-order chi connectivity index (χ1) is 9.27. The van der Waals surface area contributed by atoms with E-state index in [1.165, 1.54) is 6.07 Å². The molecule has 0 atom stereocenters. The van der Waals surface area contributed by atoms with Crippen molar-refractivity contribution in [2.75, 3.05) is 18.5 Å². The number of pyridine rings is 1. The molecule has 0 aliphatic carbocycles. The monoisotopic (exact) mass is 258 g/mol.